The van der Waals surface area contributed by atoms with Crippen LogP contribution in [-0.2, 0) is 22.4 Å². The summed E-state index contributed by atoms with van der Waals surface area (Å²) in [6.45, 7) is 0.446. The van der Waals surface area contributed by atoms with Gasteiger partial charge in [-0.05, 0) is 48.2 Å². The maximum atomic E-state index is 13.0. The molecule has 3 N–H and O–H groups in total. The summed E-state index contributed by atoms with van der Waals surface area (Å²) in [5, 5.41) is 14.8. The third kappa shape index (κ3) is 6.26. The first kappa shape index (κ1) is 23.2. The van der Waals surface area contributed by atoms with Crippen LogP contribution in [0.5, 0.6) is 0 Å². The molecule has 0 aromatic heterocycles. The summed E-state index contributed by atoms with van der Waals surface area (Å²) in [5.74, 6) is -3.07. The highest BCUT2D eigenvalue weighted by molar-refractivity contribution is 5.89. The standard InChI is InChI=1S/C23H25F2N3O4/c24-17-5-1-15(2-6-17)9-11-26-21(29)19-13-28(23(31)32)14-20(19)22(30)27-12-10-16-3-7-18(25)8-4-16/h1-8,19-20H,9-14H2,(H,26,29)(H,27,30)(H,31,32)/t19-,20-/m1/s1. The van der Waals surface area contributed by atoms with E-state index in [0.29, 0.717) is 12.8 Å². The molecule has 0 aliphatic carbocycles. The number of amides is 3. The van der Waals surface area contributed by atoms with E-state index >= 15 is 0 Å². The zero-order chi connectivity index (χ0) is 23.1. The van der Waals surface area contributed by atoms with Crippen molar-refractivity contribution < 1.29 is 28.3 Å². The largest absolute Gasteiger partial charge is 0.465 e. The molecule has 9 heteroatoms. The maximum Gasteiger partial charge on any atom is 0.407 e. The van der Waals surface area contributed by atoms with Gasteiger partial charge in [-0.25, -0.2) is 13.6 Å². The first-order valence-corrected chi connectivity index (χ1v) is 10.4. The van der Waals surface area contributed by atoms with Crippen LogP contribution in [0.25, 0.3) is 0 Å². The second-order valence-electron chi connectivity index (χ2n) is 7.74. The number of rotatable bonds is 8. The molecule has 0 bridgehead atoms. The third-order valence-corrected chi connectivity index (χ3v) is 5.52. The number of benzene rings is 2. The number of hydrogen-bond donors (Lipinski definition) is 3. The molecule has 170 valence electrons. The fourth-order valence-electron chi connectivity index (χ4n) is 3.72. The number of carboxylic acid groups (broad SMARTS) is 1. The first-order chi connectivity index (χ1) is 15.3. The summed E-state index contributed by atoms with van der Waals surface area (Å²) in [6, 6.07) is 11.9. The van der Waals surface area contributed by atoms with Crippen LogP contribution >= 0.6 is 0 Å². The van der Waals surface area contributed by atoms with Gasteiger partial charge in [0.1, 0.15) is 11.6 Å². The van der Waals surface area contributed by atoms with Gasteiger partial charge in [-0.3, -0.25) is 9.59 Å². The van der Waals surface area contributed by atoms with Crippen molar-refractivity contribution >= 4 is 17.9 Å². The normalized spacial score (nSPS) is 17.8. The Labute approximate surface area is 184 Å². The fourth-order valence-corrected chi connectivity index (χ4v) is 3.72. The zero-order valence-corrected chi connectivity index (χ0v) is 17.4. The number of nitrogens with zero attached hydrogens (tertiary/aromatic N) is 1. The van der Waals surface area contributed by atoms with Crippen molar-refractivity contribution in [2.45, 2.75) is 12.8 Å². The Kier molecular flexibility index (Phi) is 7.75. The topological polar surface area (TPSA) is 98.7 Å². The molecule has 0 radical (unpaired) electrons. The highest BCUT2D eigenvalue weighted by Crippen LogP contribution is 2.24. The Bertz CT molecular complexity index is 879. The van der Waals surface area contributed by atoms with E-state index in [9.17, 15) is 28.3 Å². The predicted molar refractivity (Wildman–Crippen MR) is 113 cm³/mol. The van der Waals surface area contributed by atoms with Gasteiger partial charge in [0.25, 0.3) is 0 Å². The summed E-state index contributed by atoms with van der Waals surface area (Å²) < 4.78 is 26.0. The van der Waals surface area contributed by atoms with Crippen molar-refractivity contribution in [2.24, 2.45) is 11.8 Å². The summed E-state index contributed by atoms with van der Waals surface area (Å²) in [6.07, 6.45) is -0.220. The van der Waals surface area contributed by atoms with Crippen LogP contribution in [0.3, 0.4) is 0 Å². The summed E-state index contributed by atoms with van der Waals surface area (Å²) in [7, 11) is 0. The average molecular weight is 445 g/mol. The molecule has 3 amide bonds. The summed E-state index contributed by atoms with van der Waals surface area (Å²) in [5.41, 5.74) is 1.70. The molecule has 2 atom stereocenters. The van der Waals surface area contributed by atoms with Crippen molar-refractivity contribution in [3.05, 3.63) is 71.3 Å². The number of carbonyl (C=O) groups excluding carboxylic acids is 2. The molecule has 0 unspecified atom stereocenters. The van der Waals surface area contributed by atoms with Crippen LogP contribution in [0.15, 0.2) is 48.5 Å². The highest BCUT2D eigenvalue weighted by atomic mass is 19.1. The average Bonchev–Trinajstić information content (AvgIpc) is 3.22. The summed E-state index contributed by atoms with van der Waals surface area (Å²) in [4.78, 5) is 37.8. The van der Waals surface area contributed by atoms with E-state index in [2.05, 4.69) is 10.6 Å². The number of nitrogens with one attached hydrogen (secondary N) is 2. The van der Waals surface area contributed by atoms with Crippen molar-refractivity contribution in [3.63, 3.8) is 0 Å². The van der Waals surface area contributed by atoms with Crippen molar-refractivity contribution in [3.8, 4) is 0 Å². The molecule has 1 heterocycles. The lowest BCUT2D eigenvalue weighted by Gasteiger charge is -2.17. The number of likely N-dealkylation sites (tertiary alicyclic amines) is 1. The van der Waals surface area contributed by atoms with Crippen molar-refractivity contribution in [2.75, 3.05) is 26.2 Å². The van der Waals surface area contributed by atoms with Gasteiger partial charge in [0.2, 0.25) is 11.8 Å². The molecular weight excluding hydrogens is 420 g/mol. The molecule has 2 aromatic carbocycles. The molecule has 1 aliphatic heterocycles. The van der Waals surface area contributed by atoms with Crippen LogP contribution in [0.4, 0.5) is 13.6 Å². The minimum absolute atomic E-state index is 0.0617. The van der Waals surface area contributed by atoms with Crippen LogP contribution < -0.4 is 10.6 Å². The van der Waals surface area contributed by atoms with Crippen LogP contribution in [0.2, 0.25) is 0 Å². The predicted octanol–water partition coefficient (Wildman–Crippen LogP) is 2.21. The zero-order valence-electron chi connectivity index (χ0n) is 17.4. The third-order valence-electron chi connectivity index (χ3n) is 5.52. The molecule has 0 spiro atoms. The van der Waals surface area contributed by atoms with Crippen LogP contribution in [0.1, 0.15) is 11.1 Å². The Hall–Kier alpha value is -3.49. The van der Waals surface area contributed by atoms with Crippen LogP contribution in [-0.4, -0.2) is 54.1 Å². The second kappa shape index (κ2) is 10.7. The number of carbonyl (C=O) groups is 3. The van der Waals surface area contributed by atoms with Gasteiger partial charge in [-0.1, -0.05) is 24.3 Å². The van der Waals surface area contributed by atoms with Gasteiger partial charge in [0, 0.05) is 26.2 Å². The van der Waals surface area contributed by atoms with Gasteiger partial charge < -0.3 is 20.6 Å². The SMILES string of the molecule is O=C(NCCc1ccc(F)cc1)[C@@H]1CN(C(=O)O)C[C@H]1C(=O)NCCc1ccc(F)cc1. The quantitative estimate of drug-likeness (QED) is 0.580. The van der Waals surface area contributed by atoms with E-state index in [-0.39, 0.29) is 37.8 Å². The molecule has 1 saturated heterocycles. The molecule has 7 nitrogen and oxygen atoms in total. The Morgan fingerprint density at radius 2 is 1.16 bits per heavy atom. The first-order valence-electron chi connectivity index (χ1n) is 10.4. The van der Waals surface area contributed by atoms with E-state index in [4.69, 9.17) is 0 Å². The number of hydrogen-bond acceptors (Lipinski definition) is 3. The lowest BCUT2D eigenvalue weighted by Crippen LogP contribution is -2.42. The Balaban J connectivity index is 1.53. The fraction of sp³-hybridized carbons (Fsp3) is 0.348. The molecule has 1 fully saturated rings. The number of halogens is 2. The van der Waals surface area contributed by atoms with Gasteiger partial charge >= 0.3 is 6.09 Å². The van der Waals surface area contributed by atoms with Crippen LogP contribution in [0, 0.1) is 23.5 Å². The lowest BCUT2D eigenvalue weighted by atomic mass is 9.94. The monoisotopic (exact) mass is 445 g/mol. The van der Waals surface area contributed by atoms with Crippen molar-refractivity contribution in [1.82, 2.24) is 15.5 Å². The lowest BCUT2D eigenvalue weighted by molar-refractivity contribution is -0.132. The van der Waals surface area contributed by atoms with E-state index < -0.39 is 29.7 Å². The Morgan fingerprint density at radius 3 is 1.50 bits per heavy atom. The molecular formula is C23H25F2N3O4. The highest BCUT2D eigenvalue weighted by Gasteiger charge is 2.43. The van der Waals surface area contributed by atoms with E-state index in [1.54, 1.807) is 24.3 Å². The minimum atomic E-state index is -1.18. The van der Waals surface area contributed by atoms with E-state index in [1.807, 2.05) is 0 Å². The molecule has 1 aliphatic rings. The molecule has 2 aromatic rings. The maximum absolute atomic E-state index is 13.0. The van der Waals surface area contributed by atoms with Gasteiger partial charge in [0.15, 0.2) is 0 Å². The van der Waals surface area contributed by atoms with Gasteiger partial charge in [-0.2, -0.15) is 0 Å². The van der Waals surface area contributed by atoms with Gasteiger partial charge in [0.05, 0.1) is 11.8 Å². The molecule has 32 heavy (non-hydrogen) atoms. The van der Waals surface area contributed by atoms with Crippen molar-refractivity contribution in [1.29, 1.82) is 0 Å². The van der Waals surface area contributed by atoms with Gasteiger partial charge in [-0.15, -0.1) is 0 Å². The smallest absolute Gasteiger partial charge is 0.407 e. The second-order valence-corrected chi connectivity index (χ2v) is 7.74. The molecule has 0 saturated carbocycles. The summed E-state index contributed by atoms with van der Waals surface area (Å²) >= 11 is 0. The van der Waals surface area contributed by atoms with E-state index in [1.165, 1.54) is 24.3 Å². The Morgan fingerprint density at radius 1 is 0.781 bits per heavy atom. The minimum Gasteiger partial charge on any atom is -0.465 e. The van der Waals surface area contributed by atoms with E-state index in [0.717, 1.165) is 16.0 Å². The molecule has 3 rings (SSSR count).